The number of aryl methyl sites for hydroxylation is 1. The van der Waals surface area contributed by atoms with Gasteiger partial charge in [-0.3, -0.25) is 24.2 Å². The average molecular weight is 345 g/mol. The molecule has 0 spiro atoms. The summed E-state index contributed by atoms with van der Waals surface area (Å²) in [5.74, 6) is -0.961. The number of imide groups is 1. The van der Waals surface area contributed by atoms with Crippen LogP contribution in [0, 0.1) is 0 Å². The van der Waals surface area contributed by atoms with Crippen molar-refractivity contribution in [2.45, 2.75) is 6.42 Å². The molecule has 7 nitrogen and oxygen atoms in total. The van der Waals surface area contributed by atoms with Gasteiger partial charge in [-0.25, -0.2) is 8.42 Å². The Morgan fingerprint density at radius 3 is 2.54 bits per heavy atom. The third-order valence-corrected chi connectivity index (χ3v) is 5.00. The van der Waals surface area contributed by atoms with E-state index in [0.29, 0.717) is 5.69 Å². The van der Waals surface area contributed by atoms with Crippen LogP contribution in [0.3, 0.4) is 0 Å². The summed E-state index contributed by atoms with van der Waals surface area (Å²) < 4.78 is 26.8. The van der Waals surface area contributed by atoms with Crippen LogP contribution in [-0.2, 0) is 16.4 Å². The van der Waals surface area contributed by atoms with Crippen LogP contribution in [0.15, 0.2) is 42.6 Å². The summed E-state index contributed by atoms with van der Waals surface area (Å²) in [7, 11) is -2.20. The lowest BCUT2D eigenvalue weighted by Crippen LogP contribution is -2.24. The van der Waals surface area contributed by atoms with Crippen molar-refractivity contribution in [3.63, 3.8) is 0 Å². The number of amides is 2. The van der Waals surface area contributed by atoms with E-state index in [2.05, 4.69) is 9.71 Å². The van der Waals surface area contributed by atoms with Crippen LogP contribution in [0.25, 0.3) is 0 Å². The van der Waals surface area contributed by atoms with Crippen LogP contribution in [0.1, 0.15) is 26.4 Å². The van der Waals surface area contributed by atoms with Gasteiger partial charge in [0.25, 0.3) is 11.8 Å². The first-order valence-electron chi connectivity index (χ1n) is 7.24. The van der Waals surface area contributed by atoms with E-state index in [9.17, 15) is 18.0 Å². The van der Waals surface area contributed by atoms with Gasteiger partial charge in [-0.2, -0.15) is 0 Å². The number of fused-ring (bicyclic) bond motifs is 1. The Balaban J connectivity index is 1.74. The number of aromatic nitrogens is 1. The van der Waals surface area contributed by atoms with Crippen molar-refractivity contribution in [2.24, 2.45) is 0 Å². The summed E-state index contributed by atoms with van der Waals surface area (Å²) in [6, 6.07) is 9.62. The third-order valence-electron chi connectivity index (χ3n) is 3.72. The summed E-state index contributed by atoms with van der Waals surface area (Å²) >= 11 is 0. The van der Waals surface area contributed by atoms with Gasteiger partial charge in [-0.1, -0.05) is 6.07 Å². The predicted octanol–water partition coefficient (Wildman–Crippen LogP) is 1.29. The molecule has 3 rings (SSSR count). The highest BCUT2D eigenvalue weighted by Gasteiger charge is 2.32. The zero-order valence-electron chi connectivity index (χ0n) is 12.9. The van der Waals surface area contributed by atoms with Crippen LogP contribution >= 0.6 is 0 Å². The molecule has 8 heteroatoms. The molecule has 124 valence electrons. The Bertz CT molecular complexity index is 910. The summed E-state index contributed by atoms with van der Waals surface area (Å²) in [4.78, 5) is 28.9. The number of hydrogen-bond acceptors (Lipinski definition) is 5. The monoisotopic (exact) mass is 345 g/mol. The zero-order chi connectivity index (χ0) is 17.3. The molecule has 1 aromatic carbocycles. The van der Waals surface area contributed by atoms with Crippen molar-refractivity contribution < 1.29 is 18.0 Å². The Hall–Kier alpha value is -2.74. The molecule has 1 N–H and O–H groups in total. The van der Waals surface area contributed by atoms with Crippen LogP contribution in [0.5, 0.6) is 0 Å². The highest BCUT2D eigenvalue weighted by Crippen LogP contribution is 2.25. The number of anilines is 1. The fourth-order valence-electron chi connectivity index (χ4n) is 2.44. The van der Waals surface area contributed by atoms with Gasteiger partial charge in [-0.05, 0) is 30.3 Å². The van der Waals surface area contributed by atoms with Crippen LogP contribution in [0.2, 0.25) is 0 Å². The molecule has 2 amide bonds. The molecule has 0 radical (unpaired) electrons. The van der Waals surface area contributed by atoms with E-state index in [1.165, 1.54) is 25.2 Å². The lowest BCUT2D eigenvalue weighted by Gasteiger charge is -2.08. The quantitative estimate of drug-likeness (QED) is 0.824. The van der Waals surface area contributed by atoms with Gasteiger partial charge in [0, 0.05) is 31.0 Å². The largest absolute Gasteiger partial charge is 0.284 e. The fourth-order valence-corrected chi connectivity index (χ4v) is 3.51. The number of hydrogen-bond donors (Lipinski definition) is 1. The Morgan fingerprint density at radius 1 is 1.08 bits per heavy atom. The molecule has 0 fully saturated rings. The molecular weight excluding hydrogens is 330 g/mol. The molecule has 0 atom stereocenters. The first-order valence-corrected chi connectivity index (χ1v) is 8.89. The zero-order valence-corrected chi connectivity index (χ0v) is 13.7. The van der Waals surface area contributed by atoms with E-state index in [0.717, 1.165) is 4.90 Å². The van der Waals surface area contributed by atoms with Crippen molar-refractivity contribution in [2.75, 3.05) is 17.5 Å². The highest BCUT2D eigenvalue weighted by molar-refractivity contribution is 7.92. The summed E-state index contributed by atoms with van der Waals surface area (Å²) in [5.41, 5.74) is 1.41. The summed E-state index contributed by atoms with van der Waals surface area (Å²) in [6.07, 6.45) is 1.89. The number of carbonyl (C=O) groups is 2. The van der Waals surface area contributed by atoms with Crippen LogP contribution in [0.4, 0.5) is 5.69 Å². The minimum Gasteiger partial charge on any atom is -0.284 e. The molecule has 0 bridgehead atoms. The van der Waals surface area contributed by atoms with Crippen LogP contribution in [-0.4, -0.2) is 42.9 Å². The van der Waals surface area contributed by atoms with E-state index in [-0.39, 0.29) is 34.9 Å². The van der Waals surface area contributed by atoms with E-state index in [4.69, 9.17) is 0 Å². The second kappa shape index (κ2) is 6.04. The predicted molar refractivity (Wildman–Crippen MR) is 88.2 cm³/mol. The maximum atomic E-state index is 12.2. The topological polar surface area (TPSA) is 96.4 Å². The van der Waals surface area contributed by atoms with E-state index in [1.54, 1.807) is 24.4 Å². The Morgan fingerprint density at radius 2 is 1.83 bits per heavy atom. The summed E-state index contributed by atoms with van der Waals surface area (Å²) in [6.45, 7) is 0. The standard InChI is InChI=1S/C16H15N3O4S/c1-19-15(20)13-6-5-12(10-14(13)16(19)21)18-24(22,23)9-7-11-4-2-3-8-17-11/h2-6,8,10,18H,7,9H2,1H3. The smallest absolute Gasteiger partial charge is 0.261 e. The van der Waals surface area contributed by atoms with Gasteiger partial charge in [0.2, 0.25) is 10.0 Å². The maximum absolute atomic E-state index is 12.2. The van der Waals surface area contributed by atoms with Crippen molar-refractivity contribution >= 4 is 27.5 Å². The van der Waals surface area contributed by atoms with Gasteiger partial charge in [0.15, 0.2) is 0 Å². The molecule has 1 aliphatic heterocycles. The summed E-state index contributed by atoms with van der Waals surface area (Å²) in [5, 5.41) is 0. The van der Waals surface area contributed by atoms with E-state index < -0.39 is 15.9 Å². The maximum Gasteiger partial charge on any atom is 0.261 e. The molecular formula is C16H15N3O4S. The number of nitrogens with zero attached hydrogens (tertiary/aromatic N) is 2. The lowest BCUT2D eigenvalue weighted by atomic mass is 10.1. The molecule has 2 aromatic rings. The minimum absolute atomic E-state index is 0.131. The van der Waals surface area contributed by atoms with Gasteiger partial charge >= 0.3 is 0 Å². The number of carbonyl (C=O) groups excluding carboxylic acids is 2. The molecule has 1 aliphatic rings. The molecule has 0 unspecified atom stereocenters. The number of pyridine rings is 1. The molecule has 0 saturated heterocycles. The Kier molecular flexibility index (Phi) is 4.06. The lowest BCUT2D eigenvalue weighted by molar-refractivity contribution is 0.0693. The van der Waals surface area contributed by atoms with E-state index in [1.807, 2.05) is 0 Å². The van der Waals surface area contributed by atoms with Gasteiger partial charge in [0.1, 0.15) is 0 Å². The average Bonchev–Trinajstić information content (AvgIpc) is 2.78. The highest BCUT2D eigenvalue weighted by atomic mass is 32.2. The van der Waals surface area contributed by atoms with Gasteiger partial charge in [0.05, 0.1) is 16.9 Å². The molecule has 0 saturated carbocycles. The van der Waals surface area contributed by atoms with Crippen LogP contribution < -0.4 is 4.72 Å². The third kappa shape index (κ3) is 3.13. The van der Waals surface area contributed by atoms with E-state index >= 15 is 0 Å². The molecule has 2 heterocycles. The molecule has 1 aromatic heterocycles. The van der Waals surface area contributed by atoms with Crippen molar-refractivity contribution in [3.8, 4) is 0 Å². The minimum atomic E-state index is -3.59. The second-order valence-electron chi connectivity index (χ2n) is 5.42. The Labute approximate surface area is 139 Å². The van der Waals surface area contributed by atoms with Crippen molar-refractivity contribution in [1.29, 1.82) is 0 Å². The first kappa shape index (κ1) is 16.1. The normalized spacial score (nSPS) is 14.0. The number of benzene rings is 1. The first-order chi connectivity index (χ1) is 11.4. The second-order valence-corrected chi connectivity index (χ2v) is 7.26. The fraction of sp³-hybridized carbons (Fsp3) is 0.188. The number of sulfonamides is 1. The number of nitrogens with one attached hydrogen (secondary N) is 1. The van der Waals surface area contributed by atoms with Crippen molar-refractivity contribution in [3.05, 3.63) is 59.4 Å². The molecule has 0 aliphatic carbocycles. The van der Waals surface area contributed by atoms with Crippen molar-refractivity contribution in [1.82, 2.24) is 9.88 Å². The van der Waals surface area contributed by atoms with Gasteiger partial charge < -0.3 is 0 Å². The molecule has 24 heavy (non-hydrogen) atoms. The SMILES string of the molecule is CN1C(=O)c2ccc(NS(=O)(=O)CCc3ccccn3)cc2C1=O. The number of rotatable bonds is 5. The van der Waals surface area contributed by atoms with Gasteiger partial charge in [-0.15, -0.1) is 0 Å².